The van der Waals surface area contributed by atoms with Crippen LogP contribution in [0.25, 0.3) is 0 Å². The number of alkyl halides is 1. The van der Waals surface area contributed by atoms with E-state index < -0.39 is 11.1 Å². The van der Waals surface area contributed by atoms with Gasteiger partial charge in [-0.3, -0.25) is 9.59 Å². The van der Waals surface area contributed by atoms with Crippen molar-refractivity contribution >= 4 is 11.7 Å². The fourth-order valence-corrected chi connectivity index (χ4v) is 5.45. The average Bonchev–Trinajstić information content (AvgIpc) is 2.94. The molecule has 0 aromatic heterocycles. The largest absolute Gasteiger partial charge is 0.352 e. The number of ketones is 1. The number of nitrogens with zero attached hydrogens (tertiary/aromatic N) is 1. The van der Waals surface area contributed by atoms with Crippen LogP contribution >= 0.6 is 0 Å². The number of nitrogens with one attached hydrogen (secondary N) is 1. The summed E-state index contributed by atoms with van der Waals surface area (Å²) in [5, 5.41) is 2.86. The van der Waals surface area contributed by atoms with E-state index in [1.165, 1.54) is 0 Å². The maximum Gasteiger partial charge on any atom is 0.234 e. The Bertz CT molecular complexity index is 602. The van der Waals surface area contributed by atoms with Crippen molar-refractivity contribution in [3.8, 4) is 0 Å². The number of hydrogen-bond donors (Lipinski definition) is 1. The van der Waals surface area contributed by atoms with Crippen molar-refractivity contribution in [2.24, 2.45) is 22.2 Å². The van der Waals surface area contributed by atoms with E-state index in [1.54, 1.807) is 0 Å². The van der Waals surface area contributed by atoms with Crippen molar-refractivity contribution in [1.82, 2.24) is 10.2 Å². The molecule has 4 nitrogen and oxygen atoms in total. The third kappa shape index (κ3) is 3.68. The molecule has 0 aromatic rings. The first-order valence-corrected chi connectivity index (χ1v) is 10.6. The molecular weight excluding hydrogens is 343 g/mol. The Morgan fingerprint density at radius 2 is 1.85 bits per heavy atom. The van der Waals surface area contributed by atoms with Crippen molar-refractivity contribution in [3.05, 3.63) is 0 Å². The van der Waals surface area contributed by atoms with E-state index in [0.717, 1.165) is 32.5 Å². The summed E-state index contributed by atoms with van der Waals surface area (Å²) in [5.74, 6) is 0.122. The monoisotopic (exact) mass is 380 g/mol. The molecule has 0 aromatic carbocycles. The molecule has 2 bridgehead atoms. The molecule has 1 N–H and O–H groups in total. The second-order valence-corrected chi connectivity index (χ2v) is 11.0. The number of likely N-dealkylation sites (tertiary alicyclic amines) is 1. The zero-order valence-corrected chi connectivity index (χ0v) is 17.8. The quantitative estimate of drug-likeness (QED) is 0.739. The molecule has 0 spiro atoms. The lowest BCUT2D eigenvalue weighted by Crippen LogP contribution is -2.54. The standard InChI is InChI=1S/C22H37FN2O2/c1-19(2,3)8-11-25-12-9-21(23,10-13-25)15-24-18(27)22-7-6-16(14-17(22)26)20(22,4)5/h16H,6-15H2,1-5H3,(H,24,27). The molecule has 154 valence electrons. The summed E-state index contributed by atoms with van der Waals surface area (Å²) in [6.07, 6.45) is 4.05. The Morgan fingerprint density at radius 3 is 2.33 bits per heavy atom. The summed E-state index contributed by atoms with van der Waals surface area (Å²) in [7, 11) is 0. The number of hydrogen-bond acceptors (Lipinski definition) is 3. The molecule has 2 unspecified atom stereocenters. The Kier molecular flexibility index (Phi) is 5.24. The van der Waals surface area contributed by atoms with Gasteiger partial charge < -0.3 is 10.2 Å². The van der Waals surface area contributed by atoms with E-state index in [2.05, 4.69) is 31.0 Å². The van der Waals surface area contributed by atoms with Crippen molar-refractivity contribution in [3.63, 3.8) is 0 Å². The van der Waals surface area contributed by atoms with Gasteiger partial charge in [0.15, 0.2) is 0 Å². The lowest BCUT2D eigenvalue weighted by Gasteiger charge is -2.39. The number of rotatable bonds is 5. The Hall–Kier alpha value is -0.970. The van der Waals surface area contributed by atoms with Crippen molar-refractivity contribution in [2.75, 3.05) is 26.2 Å². The molecule has 27 heavy (non-hydrogen) atoms. The molecule has 2 saturated carbocycles. The normalized spacial score (nSPS) is 32.7. The second-order valence-electron chi connectivity index (χ2n) is 11.0. The third-order valence-corrected chi connectivity index (χ3v) is 7.78. The zero-order chi connectivity index (χ0) is 20.1. The predicted molar refractivity (Wildman–Crippen MR) is 105 cm³/mol. The second kappa shape index (κ2) is 6.82. The number of halogens is 1. The topological polar surface area (TPSA) is 49.4 Å². The minimum absolute atomic E-state index is 0.0364. The van der Waals surface area contributed by atoms with E-state index in [4.69, 9.17) is 0 Å². The highest BCUT2D eigenvalue weighted by Gasteiger charge is 2.68. The minimum atomic E-state index is -1.35. The van der Waals surface area contributed by atoms with E-state index in [0.29, 0.717) is 31.6 Å². The van der Waals surface area contributed by atoms with Crippen LogP contribution in [0, 0.1) is 22.2 Å². The van der Waals surface area contributed by atoms with Crippen LogP contribution in [0.15, 0.2) is 0 Å². The SMILES string of the molecule is CC(C)(C)CCN1CCC(F)(CNC(=O)C23CCC(CC2=O)C3(C)C)CC1. The summed E-state index contributed by atoms with van der Waals surface area (Å²) in [6, 6.07) is 0. The summed E-state index contributed by atoms with van der Waals surface area (Å²) in [4.78, 5) is 27.9. The molecule has 2 atom stereocenters. The number of carbonyl (C=O) groups excluding carboxylic acids is 2. The smallest absolute Gasteiger partial charge is 0.234 e. The third-order valence-electron chi connectivity index (χ3n) is 7.78. The van der Waals surface area contributed by atoms with Crippen LogP contribution in [0.5, 0.6) is 0 Å². The molecule has 3 aliphatic rings. The van der Waals surface area contributed by atoms with Crippen LogP contribution in [-0.4, -0.2) is 48.4 Å². The van der Waals surface area contributed by atoms with Crippen LogP contribution in [0.4, 0.5) is 4.39 Å². The first kappa shape index (κ1) is 20.8. The molecule has 2 aliphatic carbocycles. The summed E-state index contributed by atoms with van der Waals surface area (Å²) in [5.41, 5.74) is -2.30. The van der Waals surface area contributed by atoms with Gasteiger partial charge in [-0.25, -0.2) is 4.39 Å². The Balaban J connectivity index is 1.53. The average molecular weight is 381 g/mol. The van der Waals surface area contributed by atoms with Gasteiger partial charge in [0, 0.05) is 19.5 Å². The summed E-state index contributed by atoms with van der Waals surface area (Å²) < 4.78 is 15.3. The van der Waals surface area contributed by atoms with Gasteiger partial charge in [-0.15, -0.1) is 0 Å². The molecule has 3 fully saturated rings. The van der Waals surface area contributed by atoms with Crippen LogP contribution in [0.1, 0.15) is 73.1 Å². The highest BCUT2D eigenvalue weighted by Crippen LogP contribution is 2.63. The Labute approximate surface area is 163 Å². The van der Waals surface area contributed by atoms with E-state index in [-0.39, 0.29) is 29.1 Å². The fourth-order valence-electron chi connectivity index (χ4n) is 5.45. The van der Waals surface area contributed by atoms with Gasteiger partial charge in [0.1, 0.15) is 16.9 Å². The van der Waals surface area contributed by atoms with Gasteiger partial charge >= 0.3 is 0 Å². The van der Waals surface area contributed by atoms with E-state index >= 15 is 4.39 Å². The fraction of sp³-hybridized carbons (Fsp3) is 0.909. The highest BCUT2D eigenvalue weighted by molar-refractivity contribution is 6.09. The van der Waals surface area contributed by atoms with Gasteiger partial charge in [0.2, 0.25) is 5.91 Å². The van der Waals surface area contributed by atoms with Crippen molar-refractivity contribution < 1.29 is 14.0 Å². The first-order valence-electron chi connectivity index (χ1n) is 10.6. The maximum absolute atomic E-state index is 15.3. The number of fused-ring (bicyclic) bond motifs is 2. The van der Waals surface area contributed by atoms with Crippen LogP contribution < -0.4 is 5.32 Å². The maximum atomic E-state index is 15.3. The first-order chi connectivity index (χ1) is 12.4. The van der Waals surface area contributed by atoms with E-state index in [1.807, 2.05) is 13.8 Å². The van der Waals surface area contributed by atoms with Crippen LogP contribution in [0.2, 0.25) is 0 Å². The van der Waals surface area contributed by atoms with E-state index in [9.17, 15) is 9.59 Å². The number of piperidine rings is 1. The lowest BCUT2D eigenvalue weighted by molar-refractivity contribution is -0.145. The Morgan fingerprint density at radius 1 is 1.22 bits per heavy atom. The highest BCUT2D eigenvalue weighted by atomic mass is 19.1. The van der Waals surface area contributed by atoms with Gasteiger partial charge in [0.25, 0.3) is 0 Å². The minimum Gasteiger partial charge on any atom is -0.352 e. The zero-order valence-electron chi connectivity index (χ0n) is 17.8. The van der Waals surface area contributed by atoms with Crippen LogP contribution in [-0.2, 0) is 9.59 Å². The van der Waals surface area contributed by atoms with Gasteiger partial charge in [-0.2, -0.15) is 0 Å². The molecule has 1 heterocycles. The van der Waals surface area contributed by atoms with Gasteiger partial charge in [0.05, 0.1) is 6.54 Å². The van der Waals surface area contributed by atoms with Gasteiger partial charge in [-0.1, -0.05) is 34.6 Å². The number of carbonyl (C=O) groups is 2. The molecule has 1 amide bonds. The predicted octanol–water partition coefficient (Wildman–Crippen LogP) is 3.74. The number of amides is 1. The molecular formula is C22H37FN2O2. The molecule has 0 radical (unpaired) electrons. The molecule has 1 saturated heterocycles. The molecule has 5 heteroatoms. The molecule has 3 rings (SSSR count). The van der Waals surface area contributed by atoms with Crippen molar-refractivity contribution in [2.45, 2.75) is 78.8 Å². The summed E-state index contributed by atoms with van der Waals surface area (Å²) in [6.45, 7) is 13.3. The van der Waals surface area contributed by atoms with Crippen molar-refractivity contribution in [1.29, 1.82) is 0 Å². The molecule has 1 aliphatic heterocycles. The van der Waals surface area contributed by atoms with Gasteiger partial charge in [-0.05, 0) is 55.4 Å². The number of Topliss-reactive ketones (excluding diaryl/α,β-unsaturated/α-hetero) is 1. The van der Waals surface area contributed by atoms with Crippen LogP contribution in [0.3, 0.4) is 0 Å². The lowest BCUT2D eigenvalue weighted by atomic mass is 9.68. The summed E-state index contributed by atoms with van der Waals surface area (Å²) >= 11 is 0.